The Bertz CT molecular complexity index is 654. The van der Waals surface area contributed by atoms with Crippen molar-refractivity contribution in [1.29, 1.82) is 5.26 Å². The van der Waals surface area contributed by atoms with Crippen molar-refractivity contribution in [3.63, 3.8) is 0 Å². The van der Waals surface area contributed by atoms with Crippen LogP contribution in [-0.2, 0) is 5.33 Å². The van der Waals surface area contributed by atoms with Gasteiger partial charge in [0.1, 0.15) is 11.8 Å². The van der Waals surface area contributed by atoms with Crippen molar-refractivity contribution in [1.82, 2.24) is 0 Å². The number of halogens is 3. The van der Waals surface area contributed by atoms with Gasteiger partial charge in [-0.2, -0.15) is 5.26 Å². The second kappa shape index (κ2) is 6.05. The van der Waals surface area contributed by atoms with Gasteiger partial charge in [0, 0.05) is 5.33 Å². The summed E-state index contributed by atoms with van der Waals surface area (Å²) >= 11 is 8.98. The van der Waals surface area contributed by atoms with E-state index in [1.54, 1.807) is 24.3 Å². The molecule has 0 heterocycles. The lowest BCUT2D eigenvalue weighted by Gasteiger charge is -2.09. The first kappa shape index (κ1) is 13.9. The summed E-state index contributed by atoms with van der Waals surface area (Å²) in [5, 5.41) is 9.69. The van der Waals surface area contributed by atoms with Crippen LogP contribution in [0.3, 0.4) is 0 Å². The number of hydrogen-bond acceptors (Lipinski definition) is 2. The summed E-state index contributed by atoms with van der Waals surface area (Å²) in [5.74, 6) is -0.346. The predicted molar refractivity (Wildman–Crippen MR) is 75.3 cm³/mol. The molecule has 2 rings (SSSR count). The van der Waals surface area contributed by atoms with Gasteiger partial charge in [0.25, 0.3) is 0 Å². The van der Waals surface area contributed by atoms with Crippen molar-refractivity contribution in [2.24, 2.45) is 0 Å². The fraction of sp³-hybridized carbons (Fsp3) is 0.0714. The van der Waals surface area contributed by atoms with Gasteiger partial charge in [-0.15, -0.1) is 0 Å². The number of benzene rings is 2. The molecule has 5 heteroatoms. The zero-order valence-corrected chi connectivity index (χ0v) is 12.0. The first-order chi connectivity index (χ1) is 9.15. The summed E-state index contributed by atoms with van der Waals surface area (Å²) in [6.07, 6.45) is 0. The fourth-order valence-corrected chi connectivity index (χ4v) is 2.03. The average molecular weight is 341 g/mol. The van der Waals surface area contributed by atoms with Crippen LogP contribution in [0.25, 0.3) is 0 Å². The number of ether oxygens (including phenoxy) is 1. The minimum atomic E-state index is -0.641. The molecular formula is C14H8BrClFNO. The quantitative estimate of drug-likeness (QED) is 0.733. The van der Waals surface area contributed by atoms with Crippen LogP contribution in [0, 0.1) is 17.1 Å². The van der Waals surface area contributed by atoms with E-state index in [0.717, 1.165) is 5.56 Å². The molecule has 0 radical (unpaired) electrons. The zero-order chi connectivity index (χ0) is 13.8. The Balaban J connectivity index is 2.39. The van der Waals surface area contributed by atoms with E-state index in [-0.39, 0.29) is 10.8 Å². The van der Waals surface area contributed by atoms with E-state index < -0.39 is 5.82 Å². The monoisotopic (exact) mass is 339 g/mol. The zero-order valence-electron chi connectivity index (χ0n) is 9.66. The smallest absolute Gasteiger partial charge is 0.184 e. The molecule has 0 fully saturated rings. The van der Waals surface area contributed by atoms with Crippen LogP contribution in [0.2, 0.25) is 5.02 Å². The Hall–Kier alpha value is -1.57. The molecule has 0 aliphatic rings. The summed E-state index contributed by atoms with van der Waals surface area (Å²) in [4.78, 5) is 0. The molecule has 0 spiro atoms. The topological polar surface area (TPSA) is 33.0 Å². The van der Waals surface area contributed by atoms with Crippen molar-refractivity contribution >= 4 is 27.5 Å². The van der Waals surface area contributed by atoms with E-state index in [1.165, 1.54) is 12.1 Å². The SMILES string of the molecule is N#Cc1cc(CBr)ccc1Oc1cccc(Cl)c1F. The van der Waals surface area contributed by atoms with Crippen LogP contribution < -0.4 is 4.74 Å². The van der Waals surface area contributed by atoms with Gasteiger partial charge in [0.2, 0.25) is 0 Å². The van der Waals surface area contributed by atoms with E-state index in [1.807, 2.05) is 6.07 Å². The van der Waals surface area contributed by atoms with Crippen LogP contribution in [0.4, 0.5) is 4.39 Å². The number of alkyl halides is 1. The van der Waals surface area contributed by atoms with E-state index in [2.05, 4.69) is 15.9 Å². The molecule has 0 bridgehead atoms. The fourth-order valence-electron chi connectivity index (χ4n) is 1.52. The van der Waals surface area contributed by atoms with Gasteiger partial charge in [-0.05, 0) is 29.8 Å². The van der Waals surface area contributed by atoms with E-state index in [0.29, 0.717) is 16.6 Å². The minimum Gasteiger partial charge on any atom is -0.453 e. The highest BCUT2D eigenvalue weighted by atomic mass is 79.9. The van der Waals surface area contributed by atoms with Crippen LogP contribution >= 0.6 is 27.5 Å². The largest absolute Gasteiger partial charge is 0.453 e. The molecule has 2 nitrogen and oxygen atoms in total. The molecule has 2 aromatic carbocycles. The van der Waals surface area contributed by atoms with Crippen LogP contribution in [0.1, 0.15) is 11.1 Å². The maximum absolute atomic E-state index is 13.7. The normalized spacial score (nSPS) is 10.0. The molecule has 0 saturated carbocycles. The van der Waals surface area contributed by atoms with Gasteiger partial charge < -0.3 is 4.74 Å². The number of rotatable bonds is 3. The summed E-state index contributed by atoms with van der Waals surface area (Å²) in [7, 11) is 0. The number of nitriles is 1. The Morgan fingerprint density at radius 1 is 1.26 bits per heavy atom. The Morgan fingerprint density at radius 3 is 2.74 bits per heavy atom. The Kier molecular flexibility index (Phi) is 4.41. The minimum absolute atomic E-state index is 0.00408. The first-order valence-electron chi connectivity index (χ1n) is 5.36. The third kappa shape index (κ3) is 3.06. The van der Waals surface area contributed by atoms with Gasteiger partial charge in [0.15, 0.2) is 11.6 Å². The average Bonchev–Trinajstić information content (AvgIpc) is 2.44. The molecule has 2 aromatic rings. The predicted octanol–water partition coefficient (Wildman–Crippen LogP) is 5.04. The van der Waals surface area contributed by atoms with Crippen molar-refractivity contribution in [3.05, 3.63) is 58.4 Å². The summed E-state index contributed by atoms with van der Waals surface area (Å²) in [5.41, 5.74) is 1.28. The molecule has 96 valence electrons. The van der Waals surface area contributed by atoms with Crippen molar-refractivity contribution < 1.29 is 9.13 Å². The van der Waals surface area contributed by atoms with E-state index >= 15 is 0 Å². The summed E-state index contributed by atoms with van der Waals surface area (Å²) < 4.78 is 19.1. The molecule has 0 atom stereocenters. The van der Waals surface area contributed by atoms with Crippen molar-refractivity contribution in [3.8, 4) is 17.6 Å². The third-order valence-electron chi connectivity index (χ3n) is 2.45. The maximum Gasteiger partial charge on any atom is 0.184 e. The lowest BCUT2D eigenvalue weighted by molar-refractivity contribution is 0.441. The second-order valence-corrected chi connectivity index (χ2v) is 4.70. The van der Waals surface area contributed by atoms with Crippen molar-refractivity contribution in [2.45, 2.75) is 5.33 Å². The van der Waals surface area contributed by atoms with Crippen LogP contribution in [0.15, 0.2) is 36.4 Å². The van der Waals surface area contributed by atoms with E-state index in [4.69, 9.17) is 21.6 Å². The third-order valence-corrected chi connectivity index (χ3v) is 3.39. The molecule has 0 aromatic heterocycles. The molecule has 19 heavy (non-hydrogen) atoms. The van der Waals surface area contributed by atoms with Gasteiger partial charge in [-0.25, -0.2) is 4.39 Å². The van der Waals surface area contributed by atoms with E-state index in [9.17, 15) is 4.39 Å². The highest BCUT2D eigenvalue weighted by molar-refractivity contribution is 9.08. The molecule has 0 unspecified atom stereocenters. The van der Waals surface area contributed by atoms with Gasteiger partial charge >= 0.3 is 0 Å². The van der Waals surface area contributed by atoms with Crippen LogP contribution in [0.5, 0.6) is 11.5 Å². The van der Waals surface area contributed by atoms with Gasteiger partial charge in [0.05, 0.1) is 10.6 Å². The lowest BCUT2D eigenvalue weighted by Crippen LogP contribution is -1.92. The summed E-state index contributed by atoms with van der Waals surface area (Å²) in [6, 6.07) is 11.6. The Morgan fingerprint density at radius 2 is 2.05 bits per heavy atom. The molecule has 0 saturated heterocycles. The number of hydrogen-bond donors (Lipinski definition) is 0. The first-order valence-corrected chi connectivity index (χ1v) is 6.86. The summed E-state index contributed by atoms with van der Waals surface area (Å²) in [6.45, 7) is 0. The molecule has 0 amide bonds. The molecule has 0 aliphatic carbocycles. The highest BCUT2D eigenvalue weighted by Crippen LogP contribution is 2.31. The van der Waals surface area contributed by atoms with Crippen LogP contribution in [-0.4, -0.2) is 0 Å². The maximum atomic E-state index is 13.7. The van der Waals surface area contributed by atoms with Gasteiger partial charge in [-0.3, -0.25) is 0 Å². The van der Waals surface area contributed by atoms with Gasteiger partial charge in [-0.1, -0.05) is 39.7 Å². The number of nitrogens with zero attached hydrogens (tertiary/aromatic N) is 1. The standard InChI is InChI=1S/C14H8BrClFNO/c15-7-9-4-5-12(10(6-9)8-18)19-13-3-1-2-11(16)14(13)17/h1-6H,7H2. The van der Waals surface area contributed by atoms with Crippen molar-refractivity contribution in [2.75, 3.05) is 0 Å². The lowest BCUT2D eigenvalue weighted by atomic mass is 10.1. The highest BCUT2D eigenvalue weighted by Gasteiger charge is 2.11. The second-order valence-electron chi connectivity index (χ2n) is 3.73. The molecule has 0 aliphatic heterocycles. The molecular weight excluding hydrogens is 333 g/mol. The molecule has 0 N–H and O–H groups in total. The Labute approximate surface area is 123 Å².